The molecule has 1 saturated carbocycles. The van der Waals surface area contributed by atoms with Gasteiger partial charge in [-0.1, -0.05) is 30.0 Å². The van der Waals surface area contributed by atoms with Gasteiger partial charge in [-0.15, -0.1) is 0 Å². The van der Waals surface area contributed by atoms with Crippen LogP contribution in [0.5, 0.6) is 5.75 Å². The van der Waals surface area contributed by atoms with E-state index in [9.17, 15) is 9.18 Å². The van der Waals surface area contributed by atoms with Crippen LogP contribution in [0, 0.1) is 5.82 Å². The second kappa shape index (κ2) is 7.60. The molecule has 1 heterocycles. The summed E-state index contributed by atoms with van der Waals surface area (Å²) in [5, 5.41) is 0.688. The molecule has 2 aromatic carbocycles. The van der Waals surface area contributed by atoms with E-state index in [0.717, 1.165) is 29.6 Å². The molecule has 0 saturated heterocycles. The maximum Gasteiger partial charge on any atom is 0.233 e. The largest absolute Gasteiger partial charge is 0.497 e. The Morgan fingerprint density at radius 1 is 1.33 bits per heavy atom. The number of fused-ring (bicyclic) bond motifs is 1. The van der Waals surface area contributed by atoms with Gasteiger partial charge in [0.25, 0.3) is 0 Å². The fourth-order valence-electron chi connectivity index (χ4n) is 2.99. The highest BCUT2D eigenvalue weighted by molar-refractivity contribution is 7.99. The minimum atomic E-state index is -0.269. The SMILES string of the molecule is COc1ccc2nc(SCC(=O)N(Cc3ccccc3F)C3CC3)[nH]c2c1. The summed E-state index contributed by atoms with van der Waals surface area (Å²) in [6.45, 7) is 0.314. The zero-order valence-electron chi connectivity index (χ0n) is 14.9. The van der Waals surface area contributed by atoms with Crippen molar-refractivity contribution in [2.45, 2.75) is 30.6 Å². The summed E-state index contributed by atoms with van der Waals surface area (Å²) < 4.78 is 19.2. The Kier molecular flexibility index (Phi) is 5.03. The molecule has 1 aromatic heterocycles. The van der Waals surface area contributed by atoms with Crippen molar-refractivity contribution in [1.82, 2.24) is 14.9 Å². The number of carbonyl (C=O) groups is 1. The van der Waals surface area contributed by atoms with Crippen LogP contribution < -0.4 is 4.74 Å². The summed E-state index contributed by atoms with van der Waals surface area (Å²) in [6.07, 6.45) is 1.96. The maximum absolute atomic E-state index is 14.0. The van der Waals surface area contributed by atoms with Gasteiger partial charge in [-0.3, -0.25) is 4.79 Å². The normalized spacial score (nSPS) is 13.7. The molecular formula is C20H20FN3O2S. The number of methoxy groups -OCH3 is 1. The van der Waals surface area contributed by atoms with Gasteiger partial charge in [0.1, 0.15) is 11.6 Å². The Bertz CT molecular complexity index is 971. The number of imidazole rings is 1. The molecule has 1 amide bonds. The molecule has 0 unspecified atom stereocenters. The van der Waals surface area contributed by atoms with Crippen molar-refractivity contribution in [3.63, 3.8) is 0 Å². The highest BCUT2D eigenvalue weighted by atomic mass is 32.2. The van der Waals surface area contributed by atoms with Crippen LogP contribution in [0.4, 0.5) is 4.39 Å². The van der Waals surface area contributed by atoms with Crippen molar-refractivity contribution < 1.29 is 13.9 Å². The number of nitrogens with one attached hydrogen (secondary N) is 1. The molecule has 4 rings (SSSR count). The summed E-state index contributed by atoms with van der Waals surface area (Å²) in [6, 6.07) is 12.5. The van der Waals surface area contributed by atoms with Gasteiger partial charge < -0.3 is 14.6 Å². The van der Waals surface area contributed by atoms with Crippen LogP contribution in [0.1, 0.15) is 18.4 Å². The van der Waals surface area contributed by atoms with Gasteiger partial charge >= 0.3 is 0 Å². The van der Waals surface area contributed by atoms with E-state index in [1.165, 1.54) is 17.8 Å². The van der Waals surface area contributed by atoms with Crippen molar-refractivity contribution in [2.75, 3.05) is 12.9 Å². The quantitative estimate of drug-likeness (QED) is 0.625. The van der Waals surface area contributed by atoms with E-state index in [-0.39, 0.29) is 23.5 Å². The number of carbonyl (C=O) groups excluding carboxylic acids is 1. The number of hydrogen-bond donors (Lipinski definition) is 1. The summed E-state index contributed by atoms with van der Waals surface area (Å²) >= 11 is 1.36. The van der Waals surface area contributed by atoms with Gasteiger partial charge in [0.15, 0.2) is 5.16 Å². The molecule has 1 N–H and O–H groups in total. The molecule has 27 heavy (non-hydrogen) atoms. The van der Waals surface area contributed by atoms with Gasteiger partial charge in [0, 0.05) is 24.2 Å². The Labute approximate surface area is 160 Å². The van der Waals surface area contributed by atoms with E-state index in [0.29, 0.717) is 17.3 Å². The summed E-state index contributed by atoms with van der Waals surface area (Å²) in [5.41, 5.74) is 2.25. The summed E-state index contributed by atoms with van der Waals surface area (Å²) in [5.74, 6) is 0.754. The number of rotatable bonds is 7. The van der Waals surface area contributed by atoms with Crippen LogP contribution >= 0.6 is 11.8 Å². The number of nitrogens with zero attached hydrogens (tertiary/aromatic N) is 2. The van der Waals surface area contributed by atoms with Crippen LogP contribution in [0.3, 0.4) is 0 Å². The van der Waals surface area contributed by atoms with E-state index in [1.807, 2.05) is 18.2 Å². The molecule has 0 bridgehead atoms. The Hall–Kier alpha value is -2.54. The van der Waals surface area contributed by atoms with Gasteiger partial charge in [0.05, 0.1) is 23.9 Å². The average molecular weight is 385 g/mol. The predicted octanol–water partition coefficient (Wildman–Crippen LogP) is 3.99. The lowest BCUT2D eigenvalue weighted by Gasteiger charge is -2.22. The Balaban J connectivity index is 1.43. The number of halogens is 1. The fourth-order valence-corrected chi connectivity index (χ4v) is 3.76. The number of H-pyrrole nitrogens is 1. The molecule has 0 atom stereocenters. The lowest BCUT2D eigenvalue weighted by molar-refractivity contribution is -0.129. The number of thioether (sulfide) groups is 1. The molecule has 140 valence electrons. The number of ether oxygens (including phenoxy) is 1. The fraction of sp³-hybridized carbons (Fsp3) is 0.300. The molecule has 1 aliphatic carbocycles. The van der Waals surface area contributed by atoms with E-state index in [2.05, 4.69) is 9.97 Å². The third-order valence-corrected chi connectivity index (χ3v) is 5.46. The Morgan fingerprint density at radius 3 is 2.89 bits per heavy atom. The van der Waals surface area contributed by atoms with Crippen LogP contribution in [-0.4, -0.2) is 39.7 Å². The molecule has 7 heteroatoms. The number of benzene rings is 2. The molecular weight excluding hydrogens is 365 g/mol. The zero-order valence-corrected chi connectivity index (χ0v) is 15.8. The van der Waals surface area contributed by atoms with Crippen LogP contribution in [0.15, 0.2) is 47.6 Å². The molecule has 0 radical (unpaired) electrons. The summed E-state index contributed by atoms with van der Waals surface area (Å²) in [7, 11) is 1.62. The zero-order chi connectivity index (χ0) is 18.8. The summed E-state index contributed by atoms with van der Waals surface area (Å²) in [4.78, 5) is 22.2. The standard InChI is InChI=1S/C20H20FN3O2S/c1-26-15-8-9-17-18(10-15)23-20(22-17)27-12-19(25)24(14-6-7-14)11-13-4-2-3-5-16(13)21/h2-5,8-10,14H,6-7,11-12H2,1H3,(H,22,23). The predicted molar refractivity (Wildman–Crippen MR) is 103 cm³/mol. The molecule has 3 aromatic rings. The monoisotopic (exact) mass is 385 g/mol. The second-order valence-electron chi connectivity index (χ2n) is 6.56. The second-order valence-corrected chi connectivity index (χ2v) is 7.52. The van der Waals surface area contributed by atoms with Gasteiger partial charge in [-0.25, -0.2) is 9.37 Å². The highest BCUT2D eigenvalue weighted by Gasteiger charge is 2.32. The number of aromatic amines is 1. The van der Waals surface area contributed by atoms with Gasteiger partial charge in [0.2, 0.25) is 5.91 Å². The van der Waals surface area contributed by atoms with Crippen molar-refractivity contribution in [3.8, 4) is 5.75 Å². The van der Waals surface area contributed by atoms with E-state index < -0.39 is 0 Å². The Morgan fingerprint density at radius 2 is 2.15 bits per heavy atom. The molecule has 1 aliphatic rings. The van der Waals surface area contributed by atoms with Crippen molar-refractivity contribution in [3.05, 3.63) is 53.8 Å². The van der Waals surface area contributed by atoms with Gasteiger partial charge in [-0.05, 0) is 31.0 Å². The van der Waals surface area contributed by atoms with Crippen molar-refractivity contribution in [1.29, 1.82) is 0 Å². The molecule has 0 aliphatic heterocycles. The van der Waals surface area contributed by atoms with Crippen LogP contribution in [-0.2, 0) is 11.3 Å². The highest BCUT2D eigenvalue weighted by Crippen LogP contribution is 2.30. The third kappa shape index (κ3) is 4.08. The maximum atomic E-state index is 14.0. The van der Waals surface area contributed by atoms with E-state index >= 15 is 0 Å². The first kappa shape index (κ1) is 17.9. The first-order chi connectivity index (χ1) is 13.1. The number of aromatic nitrogens is 2. The smallest absolute Gasteiger partial charge is 0.233 e. The van der Waals surface area contributed by atoms with Crippen molar-refractivity contribution >= 4 is 28.7 Å². The molecule has 1 fully saturated rings. The van der Waals surface area contributed by atoms with Gasteiger partial charge in [-0.2, -0.15) is 0 Å². The van der Waals surface area contributed by atoms with Crippen LogP contribution in [0.2, 0.25) is 0 Å². The topological polar surface area (TPSA) is 58.2 Å². The van der Waals surface area contributed by atoms with E-state index in [1.54, 1.807) is 30.2 Å². The van der Waals surface area contributed by atoms with Crippen LogP contribution in [0.25, 0.3) is 11.0 Å². The lowest BCUT2D eigenvalue weighted by atomic mass is 10.2. The molecule has 5 nitrogen and oxygen atoms in total. The minimum Gasteiger partial charge on any atom is -0.497 e. The number of hydrogen-bond acceptors (Lipinski definition) is 4. The number of amides is 1. The van der Waals surface area contributed by atoms with E-state index in [4.69, 9.17) is 4.74 Å². The average Bonchev–Trinajstić information content (AvgIpc) is 3.43. The first-order valence-corrected chi connectivity index (χ1v) is 9.82. The third-order valence-electron chi connectivity index (χ3n) is 4.61. The first-order valence-electron chi connectivity index (χ1n) is 8.83. The minimum absolute atomic E-state index is 0.00351. The lowest BCUT2D eigenvalue weighted by Crippen LogP contribution is -2.34. The molecule has 0 spiro atoms. The van der Waals surface area contributed by atoms with Crippen molar-refractivity contribution in [2.24, 2.45) is 0 Å².